The lowest BCUT2D eigenvalue weighted by atomic mass is 10.2. The van der Waals surface area contributed by atoms with Crippen LogP contribution >= 0.6 is 0 Å². The van der Waals surface area contributed by atoms with Gasteiger partial charge in [-0.2, -0.15) is 0 Å². The molecule has 2 heterocycles. The Kier molecular flexibility index (Phi) is 5.33. The number of hydrogen-bond acceptors (Lipinski definition) is 4. The minimum atomic E-state index is -0.238. The average molecular weight is 342 g/mol. The van der Waals surface area contributed by atoms with E-state index in [-0.39, 0.29) is 17.9 Å². The smallest absolute Gasteiger partial charge is 0.272 e. The van der Waals surface area contributed by atoms with E-state index in [1.54, 1.807) is 4.90 Å². The van der Waals surface area contributed by atoms with Crippen molar-refractivity contribution in [1.82, 2.24) is 20.2 Å². The van der Waals surface area contributed by atoms with Crippen LogP contribution in [0.5, 0.6) is 5.75 Å². The molecule has 0 spiro atoms. The Morgan fingerprint density at radius 3 is 2.96 bits per heavy atom. The molecule has 1 aliphatic heterocycles. The van der Waals surface area contributed by atoms with Crippen LogP contribution in [0.3, 0.4) is 0 Å². The normalized spacial score (nSPS) is 16.9. The van der Waals surface area contributed by atoms with E-state index >= 15 is 0 Å². The maximum Gasteiger partial charge on any atom is 0.272 e. The van der Waals surface area contributed by atoms with Gasteiger partial charge >= 0.3 is 0 Å². The molecule has 0 bridgehead atoms. The summed E-state index contributed by atoms with van der Waals surface area (Å²) in [6, 6.07) is 9.29. The highest BCUT2D eigenvalue weighted by atomic mass is 16.5. The summed E-state index contributed by atoms with van der Waals surface area (Å²) >= 11 is 0. The van der Waals surface area contributed by atoms with Crippen molar-refractivity contribution in [3.05, 3.63) is 48.0 Å². The Balaban J connectivity index is 1.48. The zero-order valence-electron chi connectivity index (χ0n) is 14.2. The molecule has 0 radical (unpaired) electrons. The fourth-order valence-corrected chi connectivity index (χ4v) is 2.92. The average Bonchev–Trinajstić information content (AvgIpc) is 3.22. The van der Waals surface area contributed by atoms with Gasteiger partial charge in [-0.25, -0.2) is 4.98 Å². The van der Waals surface area contributed by atoms with Crippen LogP contribution < -0.4 is 10.1 Å². The summed E-state index contributed by atoms with van der Waals surface area (Å²) in [7, 11) is 0. The molecule has 2 amide bonds. The second kappa shape index (κ2) is 7.83. The zero-order valence-corrected chi connectivity index (χ0v) is 14.2. The molecule has 2 aromatic rings. The molecule has 2 N–H and O–H groups in total. The number of H-pyrrole nitrogens is 1. The van der Waals surface area contributed by atoms with Gasteiger partial charge in [-0.15, -0.1) is 0 Å². The fourth-order valence-electron chi connectivity index (χ4n) is 2.92. The third kappa shape index (κ3) is 4.17. The van der Waals surface area contributed by atoms with Gasteiger partial charge in [0.2, 0.25) is 5.91 Å². The molecular formula is C18H22N4O3. The highest BCUT2D eigenvalue weighted by Gasteiger charge is 2.31. The number of rotatable bonds is 7. The molecule has 0 saturated carbocycles. The lowest BCUT2D eigenvalue weighted by Crippen LogP contribution is -2.38. The number of para-hydroxylation sites is 1. The van der Waals surface area contributed by atoms with Gasteiger partial charge in [0.1, 0.15) is 18.1 Å². The van der Waals surface area contributed by atoms with E-state index in [0.717, 1.165) is 11.4 Å². The summed E-state index contributed by atoms with van der Waals surface area (Å²) in [6.45, 7) is 3.38. The number of amides is 2. The Morgan fingerprint density at radius 2 is 2.20 bits per heavy atom. The number of carbonyl (C=O) groups excluding carboxylic acids is 2. The van der Waals surface area contributed by atoms with Crippen LogP contribution in [0.25, 0.3) is 0 Å². The van der Waals surface area contributed by atoms with E-state index in [2.05, 4.69) is 15.3 Å². The monoisotopic (exact) mass is 342 g/mol. The molecule has 1 atom stereocenters. The quantitative estimate of drug-likeness (QED) is 0.796. The van der Waals surface area contributed by atoms with Crippen molar-refractivity contribution in [1.29, 1.82) is 0 Å². The van der Waals surface area contributed by atoms with Crippen LogP contribution in [0.15, 0.2) is 36.7 Å². The predicted molar refractivity (Wildman–Crippen MR) is 92.4 cm³/mol. The van der Waals surface area contributed by atoms with Crippen LogP contribution in [0.2, 0.25) is 0 Å². The highest BCUT2D eigenvalue weighted by Crippen LogP contribution is 2.13. The van der Waals surface area contributed by atoms with Gasteiger partial charge in [0.15, 0.2) is 0 Å². The molecule has 1 fully saturated rings. The van der Waals surface area contributed by atoms with Crippen molar-refractivity contribution in [2.45, 2.75) is 25.8 Å². The minimum Gasteiger partial charge on any atom is -0.492 e. The molecule has 1 aromatic heterocycles. The van der Waals surface area contributed by atoms with Gasteiger partial charge in [0.25, 0.3) is 5.91 Å². The van der Waals surface area contributed by atoms with E-state index in [4.69, 9.17) is 4.74 Å². The van der Waals surface area contributed by atoms with Crippen LogP contribution in [0.1, 0.15) is 29.5 Å². The number of aromatic amines is 1. The molecule has 0 aliphatic carbocycles. The second-order valence-corrected chi connectivity index (χ2v) is 5.96. The largest absolute Gasteiger partial charge is 0.492 e. The molecule has 1 aromatic carbocycles. The number of nitrogens with zero attached hydrogens (tertiary/aromatic N) is 2. The summed E-state index contributed by atoms with van der Waals surface area (Å²) < 4.78 is 5.63. The van der Waals surface area contributed by atoms with Gasteiger partial charge in [-0.3, -0.25) is 9.59 Å². The molecule has 1 aliphatic rings. The summed E-state index contributed by atoms with van der Waals surface area (Å²) in [5.74, 6) is 0.572. The highest BCUT2D eigenvalue weighted by molar-refractivity contribution is 5.94. The number of hydrogen-bond donors (Lipinski definition) is 2. The van der Waals surface area contributed by atoms with E-state index in [1.165, 1.54) is 6.33 Å². The van der Waals surface area contributed by atoms with Crippen molar-refractivity contribution < 1.29 is 14.3 Å². The molecule has 25 heavy (non-hydrogen) atoms. The molecule has 7 nitrogen and oxygen atoms in total. The number of likely N-dealkylation sites (tertiary alicyclic amines) is 1. The number of imidazole rings is 1. The van der Waals surface area contributed by atoms with Crippen molar-refractivity contribution in [2.75, 3.05) is 19.7 Å². The summed E-state index contributed by atoms with van der Waals surface area (Å²) in [4.78, 5) is 33.2. The maximum absolute atomic E-state index is 12.3. The Hall–Kier alpha value is -2.83. The van der Waals surface area contributed by atoms with Crippen LogP contribution in [-0.4, -0.2) is 52.4 Å². The van der Waals surface area contributed by atoms with Crippen LogP contribution in [0, 0.1) is 0 Å². The Labute approximate surface area is 146 Å². The molecule has 1 unspecified atom stereocenters. The standard InChI is InChI=1S/C18H22N4O3/c1-2-15-17(20-12-19-15)18(24)21-13-10-16(23)22(11-13)8-9-25-14-6-4-3-5-7-14/h3-7,12-13H,2,8-11H2,1H3,(H,19,20)(H,21,24). The van der Waals surface area contributed by atoms with Crippen molar-refractivity contribution in [3.8, 4) is 5.75 Å². The lowest BCUT2D eigenvalue weighted by molar-refractivity contribution is -0.128. The van der Waals surface area contributed by atoms with Crippen molar-refractivity contribution in [3.63, 3.8) is 0 Å². The van der Waals surface area contributed by atoms with Gasteiger partial charge in [-0.05, 0) is 18.6 Å². The SMILES string of the molecule is CCc1[nH]cnc1C(=O)NC1CC(=O)N(CCOc2ccccc2)C1. The molecule has 132 valence electrons. The van der Waals surface area contributed by atoms with E-state index in [0.29, 0.717) is 38.2 Å². The third-order valence-electron chi connectivity index (χ3n) is 4.21. The van der Waals surface area contributed by atoms with Gasteiger partial charge in [0.05, 0.1) is 18.9 Å². The van der Waals surface area contributed by atoms with Crippen LogP contribution in [-0.2, 0) is 11.2 Å². The summed E-state index contributed by atoms with van der Waals surface area (Å²) in [6.07, 6.45) is 2.53. The first-order chi connectivity index (χ1) is 12.2. The Morgan fingerprint density at radius 1 is 1.40 bits per heavy atom. The van der Waals surface area contributed by atoms with E-state index in [1.807, 2.05) is 37.3 Å². The summed E-state index contributed by atoms with van der Waals surface area (Å²) in [5, 5.41) is 2.90. The number of nitrogens with one attached hydrogen (secondary N) is 2. The first-order valence-corrected chi connectivity index (χ1v) is 8.46. The summed E-state index contributed by atoms with van der Waals surface area (Å²) in [5.41, 5.74) is 1.20. The lowest BCUT2D eigenvalue weighted by Gasteiger charge is -2.17. The van der Waals surface area contributed by atoms with Gasteiger partial charge in [0, 0.05) is 18.7 Å². The molecule has 1 saturated heterocycles. The second-order valence-electron chi connectivity index (χ2n) is 5.96. The van der Waals surface area contributed by atoms with Crippen molar-refractivity contribution >= 4 is 11.8 Å². The third-order valence-corrected chi connectivity index (χ3v) is 4.21. The van der Waals surface area contributed by atoms with Crippen LogP contribution in [0.4, 0.5) is 0 Å². The number of ether oxygens (including phenoxy) is 1. The zero-order chi connectivity index (χ0) is 17.6. The molecule has 3 rings (SSSR count). The number of carbonyl (C=O) groups is 2. The molecule has 7 heteroatoms. The topological polar surface area (TPSA) is 87.3 Å². The maximum atomic E-state index is 12.3. The van der Waals surface area contributed by atoms with E-state index < -0.39 is 0 Å². The number of aromatic nitrogens is 2. The number of aryl methyl sites for hydroxylation is 1. The van der Waals surface area contributed by atoms with Gasteiger partial charge in [-0.1, -0.05) is 25.1 Å². The van der Waals surface area contributed by atoms with Crippen molar-refractivity contribution in [2.24, 2.45) is 0 Å². The minimum absolute atomic E-state index is 0.0275. The number of benzene rings is 1. The first-order valence-electron chi connectivity index (χ1n) is 8.46. The predicted octanol–water partition coefficient (Wildman–Crippen LogP) is 1.38. The van der Waals surface area contributed by atoms with E-state index in [9.17, 15) is 9.59 Å². The molecular weight excluding hydrogens is 320 g/mol. The Bertz CT molecular complexity index is 729. The fraction of sp³-hybridized carbons (Fsp3) is 0.389. The van der Waals surface area contributed by atoms with Gasteiger partial charge < -0.3 is 19.9 Å². The first kappa shape index (κ1) is 17.0.